The number of methoxy groups -OCH3 is 1. The van der Waals surface area contributed by atoms with Crippen LogP contribution in [0.25, 0.3) is 28.7 Å². The Morgan fingerprint density at radius 2 is 2.00 bits per heavy atom. The first-order chi connectivity index (χ1) is 13.1. The van der Waals surface area contributed by atoms with Gasteiger partial charge in [0, 0.05) is 0 Å². The summed E-state index contributed by atoms with van der Waals surface area (Å²) in [4.78, 5) is 4.24. The molecular weight excluding hydrogens is 373 g/mol. The van der Waals surface area contributed by atoms with Crippen LogP contribution >= 0.6 is 11.6 Å². The summed E-state index contributed by atoms with van der Waals surface area (Å²) in [6.07, 6.45) is 0. The molecule has 0 saturated carbocycles. The predicted molar refractivity (Wildman–Crippen MR) is 96.3 cm³/mol. The minimum Gasteiger partial charge on any atom is -0.495 e. The highest BCUT2D eigenvalue weighted by molar-refractivity contribution is 6.32. The van der Waals surface area contributed by atoms with Gasteiger partial charge in [-0.2, -0.15) is 4.98 Å². The number of halogens is 2. The van der Waals surface area contributed by atoms with Crippen LogP contribution < -0.4 is 4.74 Å². The van der Waals surface area contributed by atoms with Gasteiger partial charge in [-0.05, 0) is 37.3 Å². The van der Waals surface area contributed by atoms with Crippen LogP contribution in [-0.2, 0) is 0 Å². The number of hydrogen-bond acceptors (Lipinski definition) is 6. The summed E-state index contributed by atoms with van der Waals surface area (Å²) in [6, 6.07) is 11.5. The lowest BCUT2D eigenvalue weighted by Gasteiger charge is -2.07. The van der Waals surface area contributed by atoms with E-state index in [0.29, 0.717) is 27.8 Å². The standard InChI is InChI=1S/C18H13ClFN5O2/c1-10-16(18-21-17(23-27-18)12-5-3-4-6-14(12)20)22-24-25(10)11-7-8-15(26-2)13(19)9-11/h3-9H,1-2H3. The van der Waals surface area contributed by atoms with Crippen molar-refractivity contribution in [2.24, 2.45) is 0 Å². The molecule has 4 rings (SSSR count). The number of benzene rings is 2. The third-order valence-corrected chi connectivity index (χ3v) is 4.31. The van der Waals surface area contributed by atoms with Crippen molar-refractivity contribution < 1.29 is 13.7 Å². The van der Waals surface area contributed by atoms with Gasteiger partial charge in [-0.3, -0.25) is 0 Å². The first kappa shape index (κ1) is 17.2. The zero-order valence-electron chi connectivity index (χ0n) is 14.3. The van der Waals surface area contributed by atoms with Gasteiger partial charge in [0.25, 0.3) is 5.89 Å². The molecule has 0 atom stereocenters. The van der Waals surface area contributed by atoms with E-state index in [1.807, 2.05) is 0 Å². The molecule has 0 radical (unpaired) electrons. The number of aromatic nitrogens is 5. The molecule has 0 aliphatic rings. The average Bonchev–Trinajstić information content (AvgIpc) is 3.28. The summed E-state index contributed by atoms with van der Waals surface area (Å²) < 4.78 is 25.9. The van der Waals surface area contributed by atoms with E-state index in [4.69, 9.17) is 20.9 Å². The number of hydrogen-bond donors (Lipinski definition) is 0. The lowest BCUT2D eigenvalue weighted by Crippen LogP contribution is -1.99. The topological polar surface area (TPSA) is 78.9 Å². The Hall–Kier alpha value is -3.26. The molecule has 27 heavy (non-hydrogen) atoms. The fraction of sp³-hybridized carbons (Fsp3) is 0.111. The minimum absolute atomic E-state index is 0.143. The van der Waals surface area contributed by atoms with E-state index in [2.05, 4.69) is 20.5 Å². The van der Waals surface area contributed by atoms with Gasteiger partial charge in [0.2, 0.25) is 5.82 Å². The number of rotatable bonds is 4. The van der Waals surface area contributed by atoms with Gasteiger partial charge in [-0.25, -0.2) is 9.07 Å². The van der Waals surface area contributed by atoms with Crippen molar-refractivity contribution in [3.05, 3.63) is 59.0 Å². The Balaban J connectivity index is 1.71. The Morgan fingerprint density at radius 1 is 1.19 bits per heavy atom. The number of nitrogens with zero attached hydrogens (tertiary/aromatic N) is 5. The van der Waals surface area contributed by atoms with Gasteiger partial charge in [0.05, 0.1) is 29.1 Å². The largest absolute Gasteiger partial charge is 0.495 e. The highest BCUT2D eigenvalue weighted by Gasteiger charge is 2.20. The lowest BCUT2D eigenvalue weighted by molar-refractivity contribution is 0.415. The molecule has 4 aromatic rings. The van der Waals surface area contributed by atoms with E-state index in [9.17, 15) is 4.39 Å². The molecule has 0 aliphatic carbocycles. The summed E-state index contributed by atoms with van der Waals surface area (Å²) >= 11 is 6.18. The van der Waals surface area contributed by atoms with Crippen LogP contribution in [0.15, 0.2) is 47.0 Å². The Labute approximate surface area is 158 Å². The van der Waals surface area contributed by atoms with Gasteiger partial charge in [0.15, 0.2) is 5.69 Å². The molecule has 0 unspecified atom stereocenters. The maximum absolute atomic E-state index is 13.9. The van der Waals surface area contributed by atoms with Crippen LogP contribution in [0.1, 0.15) is 5.69 Å². The molecule has 0 bridgehead atoms. The SMILES string of the molecule is COc1ccc(-n2nnc(-c3nc(-c4ccccc4F)no3)c2C)cc1Cl. The van der Waals surface area contributed by atoms with E-state index < -0.39 is 5.82 Å². The lowest BCUT2D eigenvalue weighted by atomic mass is 10.2. The van der Waals surface area contributed by atoms with Crippen LogP contribution in [0.2, 0.25) is 5.02 Å². The molecule has 0 aliphatic heterocycles. The van der Waals surface area contributed by atoms with Crippen molar-refractivity contribution in [2.45, 2.75) is 6.92 Å². The molecular formula is C18H13ClFN5O2. The Morgan fingerprint density at radius 3 is 2.74 bits per heavy atom. The van der Waals surface area contributed by atoms with Crippen LogP contribution in [0.4, 0.5) is 4.39 Å². The summed E-state index contributed by atoms with van der Waals surface area (Å²) in [7, 11) is 1.54. The molecule has 7 nitrogen and oxygen atoms in total. The summed E-state index contributed by atoms with van der Waals surface area (Å²) in [5, 5.41) is 12.5. The van der Waals surface area contributed by atoms with Crippen LogP contribution in [0, 0.1) is 12.7 Å². The average molecular weight is 386 g/mol. The van der Waals surface area contributed by atoms with E-state index in [0.717, 1.165) is 0 Å². The molecule has 2 heterocycles. The normalized spacial score (nSPS) is 11.0. The molecule has 2 aromatic carbocycles. The molecule has 0 N–H and O–H groups in total. The van der Waals surface area contributed by atoms with Gasteiger partial charge in [-0.1, -0.05) is 34.1 Å². The smallest absolute Gasteiger partial charge is 0.280 e. The fourth-order valence-corrected chi connectivity index (χ4v) is 2.88. The van der Waals surface area contributed by atoms with Crippen molar-refractivity contribution in [3.8, 4) is 34.4 Å². The molecule has 0 fully saturated rings. The maximum atomic E-state index is 13.9. The van der Waals surface area contributed by atoms with Crippen molar-refractivity contribution in [2.75, 3.05) is 7.11 Å². The number of ether oxygens (including phenoxy) is 1. The second-order valence-corrected chi connectivity index (χ2v) is 6.06. The second kappa shape index (κ2) is 6.81. The predicted octanol–water partition coefficient (Wildman–Crippen LogP) is 4.09. The third-order valence-electron chi connectivity index (χ3n) is 4.02. The Kier molecular flexibility index (Phi) is 4.33. The van der Waals surface area contributed by atoms with Crippen LogP contribution in [-0.4, -0.2) is 32.2 Å². The third kappa shape index (κ3) is 3.04. The molecule has 2 aromatic heterocycles. The molecule has 0 amide bonds. The molecule has 136 valence electrons. The van der Waals surface area contributed by atoms with E-state index in [1.54, 1.807) is 55.1 Å². The van der Waals surface area contributed by atoms with Gasteiger partial charge >= 0.3 is 0 Å². The van der Waals surface area contributed by atoms with Gasteiger partial charge in [0.1, 0.15) is 11.6 Å². The summed E-state index contributed by atoms with van der Waals surface area (Å²) in [5.41, 5.74) is 2.02. The quantitative estimate of drug-likeness (QED) is 0.526. The van der Waals surface area contributed by atoms with Gasteiger partial charge in [-0.15, -0.1) is 5.10 Å². The fourth-order valence-electron chi connectivity index (χ4n) is 2.63. The zero-order chi connectivity index (χ0) is 19.0. The second-order valence-electron chi connectivity index (χ2n) is 5.66. The molecule has 0 saturated heterocycles. The first-order valence-electron chi connectivity index (χ1n) is 7.93. The maximum Gasteiger partial charge on any atom is 0.280 e. The van der Waals surface area contributed by atoms with Gasteiger partial charge < -0.3 is 9.26 Å². The summed E-state index contributed by atoms with van der Waals surface area (Å²) in [6.45, 7) is 1.81. The molecule has 9 heteroatoms. The van der Waals surface area contributed by atoms with Crippen molar-refractivity contribution >= 4 is 11.6 Å². The molecule has 0 spiro atoms. The van der Waals surface area contributed by atoms with E-state index in [-0.39, 0.29) is 17.3 Å². The minimum atomic E-state index is -0.432. The highest BCUT2D eigenvalue weighted by Crippen LogP contribution is 2.29. The first-order valence-corrected chi connectivity index (χ1v) is 8.31. The zero-order valence-corrected chi connectivity index (χ0v) is 15.1. The van der Waals surface area contributed by atoms with Crippen molar-refractivity contribution in [1.29, 1.82) is 0 Å². The monoisotopic (exact) mass is 385 g/mol. The van der Waals surface area contributed by atoms with E-state index >= 15 is 0 Å². The van der Waals surface area contributed by atoms with Crippen LogP contribution in [0.3, 0.4) is 0 Å². The van der Waals surface area contributed by atoms with Crippen molar-refractivity contribution in [3.63, 3.8) is 0 Å². The summed E-state index contributed by atoms with van der Waals surface area (Å²) in [5.74, 6) is 0.420. The van der Waals surface area contributed by atoms with E-state index in [1.165, 1.54) is 6.07 Å². The van der Waals surface area contributed by atoms with Crippen LogP contribution in [0.5, 0.6) is 5.75 Å². The Bertz CT molecular complexity index is 1120. The highest BCUT2D eigenvalue weighted by atomic mass is 35.5. The van der Waals surface area contributed by atoms with Crippen molar-refractivity contribution in [1.82, 2.24) is 25.1 Å².